The number of rotatable bonds is 8. The van der Waals surface area contributed by atoms with Gasteiger partial charge in [0.15, 0.2) is 12.5 Å². The lowest BCUT2D eigenvalue weighted by molar-refractivity contribution is -0.384. The van der Waals surface area contributed by atoms with Gasteiger partial charge >= 0.3 is 0 Å². The molecule has 16 heteroatoms. The molecule has 0 unspecified atom stereocenters. The predicted octanol–water partition coefficient (Wildman–Crippen LogP) is -5.01. The largest absolute Gasteiger partial charge is 0.545 e. The number of benzene rings is 1. The smallest absolute Gasteiger partial charge is 0.272 e. The van der Waals surface area contributed by atoms with Gasteiger partial charge in [0.05, 0.1) is 24.1 Å². The van der Waals surface area contributed by atoms with Crippen molar-refractivity contribution in [1.29, 1.82) is 0 Å². The first-order valence-electron chi connectivity index (χ1n) is 10.3. The molecule has 0 radical (unpaired) electrons. The SMILES string of the molecule is O=C([O-])c1cc(N[C@H]2O[C@@H](CO)[C@@H](O[C@H]3O[C@@H](CO)[C@@H](O)[C@@H](O)[C@H]3O)[C@@H](O)[C@H]2O)cc([N+](=O)[O-])c1. The number of nitro groups is 1. The van der Waals surface area contributed by atoms with Gasteiger partial charge < -0.3 is 65.2 Å². The van der Waals surface area contributed by atoms with Gasteiger partial charge in [0.1, 0.15) is 48.8 Å². The fourth-order valence-corrected chi connectivity index (χ4v) is 3.79. The number of aliphatic hydroxyl groups excluding tert-OH is 7. The lowest BCUT2D eigenvalue weighted by Gasteiger charge is -2.46. The molecule has 0 aromatic heterocycles. The third-order valence-electron chi connectivity index (χ3n) is 5.68. The molecule has 35 heavy (non-hydrogen) atoms. The maximum Gasteiger partial charge on any atom is 0.272 e. The predicted molar refractivity (Wildman–Crippen MR) is 107 cm³/mol. The Morgan fingerprint density at radius 2 is 1.60 bits per heavy atom. The first-order valence-corrected chi connectivity index (χ1v) is 10.3. The Hall–Kier alpha value is -2.51. The first-order chi connectivity index (χ1) is 16.5. The van der Waals surface area contributed by atoms with Crippen LogP contribution >= 0.6 is 0 Å². The number of aromatic carboxylic acids is 1. The van der Waals surface area contributed by atoms with E-state index in [2.05, 4.69) is 5.32 Å². The summed E-state index contributed by atoms with van der Waals surface area (Å²) in [6, 6.07) is 2.67. The molecule has 0 amide bonds. The van der Waals surface area contributed by atoms with Crippen LogP contribution in [-0.4, -0.2) is 121 Å². The molecular weight excluding hydrogens is 480 g/mol. The van der Waals surface area contributed by atoms with E-state index in [4.69, 9.17) is 14.2 Å². The number of hydrogen-bond donors (Lipinski definition) is 8. The summed E-state index contributed by atoms with van der Waals surface area (Å²) in [4.78, 5) is 21.4. The van der Waals surface area contributed by atoms with E-state index < -0.39 is 96.7 Å². The Morgan fingerprint density at radius 3 is 2.17 bits per heavy atom. The minimum atomic E-state index is -1.83. The lowest BCUT2D eigenvalue weighted by Crippen LogP contribution is -2.65. The third-order valence-corrected chi connectivity index (χ3v) is 5.68. The Balaban J connectivity index is 1.78. The maximum absolute atomic E-state index is 11.2. The number of carbonyl (C=O) groups excluding carboxylic acids is 1. The maximum atomic E-state index is 11.2. The summed E-state index contributed by atoms with van der Waals surface area (Å²) < 4.78 is 16.1. The molecule has 10 atom stereocenters. The van der Waals surface area contributed by atoms with Crippen LogP contribution in [0.2, 0.25) is 0 Å². The van der Waals surface area contributed by atoms with E-state index in [0.717, 1.165) is 18.2 Å². The van der Waals surface area contributed by atoms with Crippen LogP contribution < -0.4 is 10.4 Å². The summed E-state index contributed by atoms with van der Waals surface area (Å²) in [5, 5.41) is 94.8. The molecular formula is C19H25N2O14-. The number of non-ortho nitro benzene ring substituents is 1. The highest BCUT2D eigenvalue weighted by Crippen LogP contribution is 2.30. The fourth-order valence-electron chi connectivity index (χ4n) is 3.79. The molecule has 2 heterocycles. The van der Waals surface area contributed by atoms with Gasteiger partial charge in [-0.2, -0.15) is 0 Å². The van der Waals surface area contributed by atoms with Crippen LogP contribution in [0.25, 0.3) is 0 Å². The number of carboxylic acid groups (broad SMARTS) is 1. The van der Waals surface area contributed by atoms with Gasteiger partial charge in [-0.3, -0.25) is 10.1 Å². The Labute approximate surface area is 196 Å². The molecule has 3 rings (SSSR count). The molecule has 0 spiro atoms. The molecule has 2 saturated heterocycles. The minimum absolute atomic E-state index is 0.181. The van der Waals surface area contributed by atoms with Crippen molar-refractivity contribution in [3.05, 3.63) is 33.9 Å². The summed E-state index contributed by atoms with van der Waals surface area (Å²) in [5.41, 5.74) is -1.34. The van der Waals surface area contributed by atoms with Gasteiger partial charge in [0.25, 0.3) is 5.69 Å². The molecule has 8 N–H and O–H groups in total. The molecule has 0 saturated carbocycles. The van der Waals surface area contributed by atoms with Crippen LogP contribution in [0, 0.1) is 10.1 Å². The van der Waals surface area contributed by atoms with Crippen LogP contribution in [0.5, 0.6) is 0 Å². The zero-order chi connectivity index (χ0) is 26.0. The standard InChI is InChI=1S/C19H26N2O14/c22-4-9-11(24)12(25)15(28)19(34-9)35-16-10(5-23)33-17(14(27)13(16)26)20-7-1-6(18(29)30)2-8(3-7)21(31)32/h1-3,9-17,19-20,22-28H,4-5H2,(H,29,30)/p-1/t9-,10-,11+,12+,13-,14+,15+,16+,17-,19+/m0/s1. The average molecular weight is 505 g/mol. The number of nitro benzene ring substituents is 1. The van der Waals surface area contributed by atoms with Crippen molar-refractivity contribution >= 4 is 17.3 Å². The zero-order valence-corrected chi connectivity index (χ0v) is 17.9. The van der Waals surface area contributed by atoms with E-state index in [-0.39, 0.29) is 5.69 Å². The van der Waals surface area contributed by atoms with Crippen LogP contribution in [0.4, 0.5) is 11.4 Å². The number of carboxylic acids is 1. The van der Waals surface area contributed by atoms with E-state index in [1.54, 1.807) is 0 Å². The summed E-state index contributed by atoms with van der Waals surface area (Å²) >= 11 is 0. The second-order valence-electron chi connectivity index (χ2n) is 8.01. The number of nitrogens with one attached hydrogen (secondary N) is 1. The number of aliphatic hydroxyl groups is 7. The van der Waals surface area contributed by atoms with Crippen LogP contribution in [0.3, 0.4) is 0 Å². The van der Waals surface area contributed by atoms with E-state index in [9.17, 15) is 55.8 Å². The molecule has 196 valence electrons. The van der Waals surface area contributed by atoms with Crippen molar-refractivity contribution in [2.75, 3.05) is 18.5 Å². The second-order valence-corrected chi connectivity index (χ2v) is 8.01. The second kappa shape index (κ2) is 11.0. The summed E-state index contributed by atoms with van der Waals surface area (Å²) in [5.74, 6) is -1.71. The van der Waals surface area contributed by atoms with Crippen molar-refractivity contribution in [2.24, 2.45) is 0 Å². The molecule has 2 aliphatic rings. The lowest BCUT2D eigenvalue weighted by atomic mass is 9.96. The highest BCUT2D eigenvalue weighted by Gasteiger charge is 2.50. The molecule has 1 aromatic rings. The third kappa shape index (κ3) is 5.67. The highest BCUT2D eigenvalue weighted by atomic mass is 16.7. The molecule has 1 aromatic carbocycles. The Bertz CT molecular complexity index is 881. The van der Waals surface area contributed by atoms with Crippen LogP contribution in [-0.2, 0) is 14.2 Å². The molecule has 16 nitrogen and oxygen atoms in total. The van der Waals surface area contributed by atoms with Gasteiger partial charge in [0.2, 0.25) is 0 Å². The fraction of sp³-hybridized carbons (Fsp3) is 0.632. The van der Waals surface area contributed by atoms with Gasteiger partial charge in [-0.05, 0) is 6.07 Å². The van der Waals surface area contributed by atoms with Gasteiger partial charge in [-0.25, -0.2) is 0 Å². The van der Waals surface area contributed by atoms with Crippen LogP contribution in [0.1, 0.15) is 10.4 Å². The van der Waals surface area contributed by atoms with Gasteiger partial charge in [0, 0.05) is 23.4 Å². The van der Waals surface area contributed by atoms with Crippen molar-refractivity contribution in [3.63, 3.8) is 0 Å². The topological polar surface area (TPSA) is 265 Å². The Kier molecular flexibility index (Phi) is 8.54. The number of nitrogens with zero attached hydrogens (tertiary/aromatic N) is 1. The van der Waals surface area contributed by atoms with E-state index in [1.165, 1.54) is 0 Å². The van der Waals surface area contributed by atoms with Crippen LogP contribution in [0.15, 0.2) is 18.2 Å². The number of hydrogen-bond acceptors (Lipinski definition) is 15. The number of ether oxygens (including phenoxy) is 3. The number of anilines is 1. The molecule has 0 bridgehead atoms. The Morgan fingerprint density at radius 1 is 0.943 bits per heavy atom. The van der Waals surface area contributed by atoms with Crippen molar-refractivity contribution in [3.8, 4) is 0 Å². The first kappa shape index (κ1) is 27.1. The highest BCUT2D eigenvalue weighted by molar-refractivity contribution is 5.88. The summed E-state index contributed by atoms with van der Waals surface area (Å²) in [6.07, 6.45) is -16.4. The van der Waals surface area contributed by atoms with E-state index >= 15 is 0 Å². The quantitative estimate of drug-likeness (QED) is 0.121. The number of carbonyl (C=O) groups is 1. The van der Waals surface area contributed by atoms with E-state index in [1.807, 2.05) is 0 Å². The average Bonchev–Trinajstić information content (AvgIpc) is 2.83. The minimum Gasteiger partial charge on any atom is -0.545 e. The summed E-state index contributed by atoms with van der Waals surface area (Å²) in [6.45, 7) is -1.55. The molecule has 0 aliphatic carbocycles. The molecule has 2 fully saturated rings. The van der Waals surface area contributed by atoms with Gasteiger partial charge in [-0.15, -0.1) is 0 Å². The van der Waals surface area contributed by atoms with Crippen molar-refractivity contribution in [1.82, 2.24) is 0 Å². The zero-order valence-electron chi connectivity index (χ0n) is 17.9. The molecule has 2 aliphatic heterocycles. The summed E-state index contributed by atoms with van der Waals surface area (Å²) in [7, 11) is 0. The van der Waals surface area contributed by atoms with Gasteiger partial charge in [-0.1, -0.05) is 0 Å². The van der Waals surface area contributed by atoms with Crippen molar-refractivity contribution in [2.45, 2.75) is 61.3 Å². The monoisotopic (exact) mass is 505 g/mol. The normalized spacial score (nSPS) is 37.6. The van der Waals surface area contributed by atoms with E-state index in [0.29, 0.717) is 0 Å². The van der Waals surface area contributed by atoms with Crippen molar-refractivity contribution < 1.29 is 64.8 Å².